The van der Waals surface area contributed by atoms with E-state index in [0.29, 0.717) is 17.0 Å². The second-order valence-electron chi connectivity index (χ2n) is 6.42. The van der Waals surface area contributed by atoms with E-state index in [2.05, 4.69) is 20.6 Å². The third-order valence-corrected chi connectivity index (χ3v) is 4.48. The van der Waals surface area contributed by atoms with E-state index in [9.17, 15) is 13.6 Å². The van der Waals surface area contributed by atoms with Gasteiger partial charge in [-0.05, 0) is 30.3 Å². The number of ether oxygens (including phenoxy) is 1. The van der Waals surface area contributed by atoms with Crippen LogP contribution in [0.15, 0.2) is 54.7 Å². The molecule has 0 bridgehead atoms. The van der Waals surface area contributed by atoms with Gasteiger partial charge >= 0.3 is 0 Å². The Morgan fingerprint density at radius 1 is 1.07 bits per heavy atom. The Kier molecular flexibility index (Phi) is 5.01. The molecule has 0 aliphatic carbocycles. The van der Waals surface area contributed by atoms with Crippen LogP contribution >= 0.6 is 0 Å². The number of fused-ring (bicyclic) bond motifs is 1. The summed E-state index contributed by atoms with van der Waals surface area (Å²) in [6.45, 7) is 0. The number of hydrogen-bond acceptors (Lipinski definition) is 5. The number of nitrogens with zero attached hydrogens (tertiary/aromatic N) is 3. The molecule has 4 aromatic rings. The van der Waals surface area contributed by atoms with Gasteiger partial charge in [0.25, 0.3) is 5.91 Å². The number of rotatable bonds is 5. The van der Waals surface area contributed by atoms with E-state index in [4.69, 9.17) is 4.74 Å². The summed E-state index contributed by atoms with van der Waals surface area (Å²) in [4.78, 5) is 20.1. The number of nitrogens with one attached hydrogen (secondary N) is 2. The lowest BCUT2D eigenvalue weighted by molar-refractivity contribution is 0.0958. The Hall–Kier alpha value is -4.01. The van der Waals surface area contributed by atoms with Gasteiger partial charge in [0, 0.05) is 32.4 Å². The number of hydrogen-bond donors (Lipinski definition) is 2. The highest BCUT2D eigenvalue weighted by molar-refractivity contribution is 5.92. The van der Waals surface area contributed by atoms with Crippen LogP contribution in [0.4, 0.5) is 20.4 Å². The third kappa shape index (κ3) is 3.64. The van der Waals surface area contributed by atoms with Gasteiger partial charge in [0.2, 0.25) is 5.95 Å². The van der Waals surface area contributed by atoms with Crippen LogP contribution in [-0.2, 0) is 7.05 Å². The van der Waals surface area contributed by atoms with Crippen LogP contribution in [0.3, 0.4) is 0 Å². The molecular formula is C21H17F2N5O2. The van der Waals surface area contributed by atoms with Crippen LogP contribution in [0, 0.1) is 11.6 Å². The zero-order chi connectivity index (χ0) is 21.3. The highest BCUT2D eigenvalue weighted by atomic mass is 19.1. The molecule has 2 heterocycles. The van der Waals surface area contributed by atoms with Gasteiger partial charge in [-0.25, -0.2) is 13.8 Å². The summed E-state index contributed by atoms with van der Waals surface area (Å²) in [5, 5.41) is 5.21. The van der Waals surface area contributed by atoms with E-state index in [1.165, 1.54) is 37.5 Å². The van der Waals surface area contributed by atoms with Crippen molar-refractivity contribution in [1.82, 2.24) is 19.9 Å². The summed E-state index contributed by atoms with van der Waals surface area (Å²) in [5.74, 6) is -0.552. The number of anilines is 2. The standard InChI is InChI=1S/C21H17F2N5O2/c1-24-20(29)17-11-13(8-9-25-17)30-12-6-7-18-16(10-12)26-21(28(18)2)27-19-14(22)4-3-5-15(19)23/h3-11H,1-2H3,(H,24,29)(H,26,27). The smallest absolute Gasteiger partial charge is 0.269 e. The lowest BCUT2D eigenvalue weighted by Crippen LogP contribution is -2.18. The van der Waals surface area contributed by atoms with Crippen molar-refractivity contribution in [2.24, 2.45) is 7.05 Å². The van der Waals surface area contributed by atoms with Crippen molar-refractivity contribution in [2.45, 2.75) is 0 Å². The SMILES string of the molecule is CNC(=O)c1cc(Oc2ccc3c(c2)nc(Nc2c(F)cccc2F)n3C)ccn1. The first-order chi connectivity index (χ1) is 14.5. The predicted octanol–water partition coefficient (Wildman–Crippen LogP) is 4.14. The molecule has 0 spiro atoms. The topological polar surface area (TPSA) is 81.1 Å². The van der Waals surface area contributed by atoms with Crippen LogP contribution < -0.4 is 15.4 Å². The first-order valence-corrected chi connectivity index (χ1v) is 9.00. The maximum absolute atomic E-state index is 14.0. The van der Waals surface area contributed by atoms with E-state index in [1.807, 2.05) is 0 Å². The maximum Gasteiger partial charge on any atom is 0.269 e. The molecule has 7 nitrogen and oxygen atoms in total. The lowest BCUT2D eigenvalue weighted by Gasteiger charge is -2.08. The molecule has 2 aromatic carbocycles. The number of pyridine rings is 1. The van der Waals surface area contributed by atoms with Crippen molar-refractivity contribution in [2.75, 3.05) is 12.4 Å². The van der Waals surface area contributed by atoms with E-state index in [0.717, 1.165) is 5.52 Å². The number of aromatic nitrogens is 3. The molecule has 0 aliphatic heterocycles. The molecule has 0 radical (unpaired) electrons. The lowest BCUT2D eigenvalue weighted by atomic mass is 10.3. The van der Waals surface area contributed by atoms with Crippen molar-refractivity contribution in [1.29, 1.82) is 0 Å². The largest absolute Gasteiger partial charge is 0.457 e. The van der Waals surface area contributed by atoms with E-state index >= 15 is 0 Å². The van der Waals surface area contributed by atoms with Gasteiger partial charge in [-0.15, -0.1) is 0 Å². The molecule has 0 unspecified atom stereocenters. The van der Waals surface area contributed by atoms with Gasteiger partial charge in [-0.1, -0.05) is 6.07 Å². The molecule has 0 atom stereocenters. The fraction of sp³-hybridized carbons (Fsp3) is 0.0952. The van der Waals surface area contributed by atoms with Gasteiger partial charge in [-0.3, -0.25) is 9.78 Å². The van der Waals surface area contributed by atoms with Crippen molar-refractivity contribution in [3.8, 4) is 11.5 Å². The van der Waals surface area contributed by atoms with Crippen molar-refractivity contribution in [3.63, 3.8) is 0 Å². The van der Waals surface area contributed by atoms with Gasteiger partial charge in [0.05, 0.1) is 11.0 Å². The molecule has 0 saturated carbocycles. The van der Waals surface area contributed by atoms with E-state index in [-0.39, 0.29) is 23.2 Å². The Balaban J connectivity index is 1.63. The van der Waals surface area contributed by atoms with Crippen molar-refractivity contribution in [3.05, 3.63) is 72.1 Å². The van der Waals surface area contributed by atoms with Gasteiger partial charge in [0.15, 0.2) is 0 Å². The minimum absolute atomic E-state index is 0.229. The normalized spacial score (nSPS) is 10.8. The van der Waals surface area contributed by atoms with Crippen molar-refractivity contribution < 1.29 is 18.3 Å². The highest BCUT2D eigenvalue weighted by Gasteiger charge is 2.14. The molecule has 30 heavy (non-hydrogen) atoms. The zero-order valence-electron chi connectivity index (χ0n) is 16.1. The molecular weight excluding hydrogens is 392 g/mol. The fourth-order valence-corrected chi connectivity index (χ4v) is 2.95. The third-order valence-electron chi connectivity index (χ3n) is 4.48. The number of para-hydroxylation sites is 1. The molecule has 1 amide bonds. The molecule has 9 heteroatoms. The number of imidazole rings is 1. The van der Waals surface area contributed by atoms with Crippen LogP contribution in [0.2, 0.25) is 0 Å². The quantitative estimate of drug-likeness (QED) is 0.518. The average Bonchev–Trinajstić information content (AvgIpc) is 3.05. The van der Waals surface area contributed by atoms with Crippen LogP contribution in [0.5, 0.6) is 11.5 Å². The first-order valence-electron chi connectivity index (χ1n) is 9.00. The van der Waals surface area contributed by atoms with Gasteiger partial charge in [-0.2, -0.15) is 0 Å². The Bertz CT molecular complexity index is 1240. The average molecular weight is 409 g/mol. The summed E-state index contributed by atoms with van der Waals surface area (Å²) in [6.07, 6.45) is 1.48. The summed E-state index contributed by atoms with van der Waals surface area (Å²) >= 11 is 0. The van der Waals surface area contributed by atoms with E-state index in [1.54, 1.807) is 35.9 Å². The van der Waals surface area contributed by atoms with Crippen molar-refractivity contribution >= 4 is 28.6 Å². The molecule has 152 valence electrons. The predicted molar refractivity (Wildman–Crippen MR) is 108 cm³/mol. The number of amides is 1. The van der Waals surface area contributed by atoms with Crippen LogP contribution in [0.1, 0.15) is 10.5 Å². The minimum atomic E-state index is -0.712. The molecule has 0 aliphatic rings. The number of aryl methyl sites for hydroxylation is 1. The molecule has 2 aromatic heterocycles. The second-order valence-corrected chi connectivity index (χ2v) is 6.42. The van der Waals surface area contributed by atoms with Crippen LogP contribution in [-0.4, -0.2) is 27.5 Å². The Morgan fingerprint density at radius 3 is 2.53 bits per heavy atom. The number of carbonyl (C=O) groups excluding carboxylic acids is 1. The number of benzene rings is 2. The Morgan fingerprint density at radius 2 is 1.80 bits per heavy atom. The summed E-state index contributed by atoms with van der Waals surface area (Å²) in [6, 6.07) is 12.0. The summed E-state index contributed by atoms with van der Waals surface area (Å²) in [5.41, 5.74) is 1.26. The minimum Gasteiger partial charge on any atom is -0.457 e. The maximum atomic E-state index is 14.0. The molecule has 0 fully saturated rings. The second kappa shape index (κ2) is 7.78. The highest BCUT2D eigenvalue weighted by Crippen LogP contribution is 2.29. The number of halogens is 2. The first kappa shape index (κ1) is 19.3. The summed E-state index contributed by atoms with van der Waals surface area (Å²) < 4.78 is 35.4. The van der Waals surface area contributed by atoms with Crippen LogP contribution in [0.25, 0.3) is 11.0 Å². The van der Waals surface area contributed by atoms with E-state index < -0.39 is 11.6 Å². The number of carbonyl (C=O) groups is 1. The zero-order valence-corrected chi connectivity index (χ0v) is 16.1. The summed E-state index contributed by atoms with van der Waals surface area (Å²) in [7, 11) is 3.25. The van der Waals surface area contributed by atoms with Gasteiger partial charge < -0.3 is 19.9 Å². The monoisotopic (exact) mass is 409 g/mol. The molecule has 0 saturated heterocycles. The Labute approximate surface area is 170 Å². The fourth-order valence-electron chi connectivity index (χ4n) is 2.95. The molecule has 2 N–H and O–H groups in total. The molecule has 4 rings (SSSR count). The van der Waals surface area contributed by atoms with Gasteiger partial charge in [0.1, 0.15) is 34.5 Å².